The molecule has 0 spiro atoms. The van der Waals surface area contributed by atoms with Crippen LogP contribution in [-0.4, -0.2) is 37.3 Å². The van der Waals surface area contributed by atoms with Gasteiger partial charge in [-0.15, -0.1) is 0 Å². The molecular weight excluding hydrogens is 438 g/mol. The number of nitrogens with one attached hydrogen (secondary N) is 2. The molecule has 0 atom stereocenters. The molecule has 0 aliphatic heterocycles. The third kappa shape index (κ3) is 4.85. The molecule has 2 saturated carbocycles. The SMILES string of the molecule is CC1CCC(Nc2ncc3nc(Nc4ccc(F)cc4F)n(C4CCC(CO)CC4)c3n2)CC1. The molecule has 0 radical (unpaired) electrons. The zero-order valence-electron chi connectivity index (χ0n) is 19.5. The van der Waals surface area contributed by atoms with Crippen LogP contribution in [0.1, 0.15) is 64.3 Å². The smallest absolute Gasteiger partial charge is 0.224 e. The van der Waals surface area contributed by atoms with Crippen molar-refractivity contribution in [3.63, 3.8) is 0 Å². The fourth-order valence-corrected chi connectivity index (χ4v) is 5.28. The summed E-state index contributed by atoms with van der Waals surface area (Å²) in [6.45, 7) is 2.49. The topological polar surface area (TPSA) is 87.9 Å². The lowest BCUT2D eigenvalue weighted by Crippen LogP contribution is -2.26. The average molecular weight is 471 g/mol. The standard InChI is InChI=1S/C25H32F2N6O/c1-15-2-7-18(8-3-15)29-24-28-13-22-23(32-24)33(19-9-4-16(14-34)5-10-19)25(31-22)30-21-11-6-17(26)12-20(21)27/h6,11-13,15-16,18-19,34H,2-5,7-10,14H2,1H3,(H,30,31)(H,28,29,32). The summed E-state index contributed by atoms with van der Waals surface area (Å²) in [5.74, 6) is 0.803. The van der Waals surface area contributed by atoms with Crippen LogP contribution < -0.4 is 10.6 Å². The van der Waals surface area contributed by atoms with E-state index in [0.717, 1.165) is 50.5 Å². The van der Waals surface area contributed by atoms with E-state index in [2.05, 4.69) is 27.5 Å². The molecule has 0 unspecified atom stereocenters. The second-order valence-corrected chi connectivity index (χ2v) is 9.92. The highest BCUT2D eigenvalue weighted by molar-refractivity contribution is 5.76. The van der Waals surface area contributed by atoms with Gasteiger partial charge in [0.25, 0.3) is 0 Å². The van der Waals surface area contributed by atoms with Gasteiger partial charge in [0.15, 0.2) is 5.65 Å². The summed E-state index contributed by atoms with van der Waals surface area (Å²) in [5, 5.41) is 16.1. The molecule has 2 aliphatic rings. The number of hydrogen-bond donors (Lipinski definition) is 3. The van der Waals surface area contributed by atoms with Crippen LogP contribution in [0.25, 0.3) is 11.2 Å². The predicted molar refractivity (Wildman–Crippen MR) is 128 cm³/mol. The van der Waals surface area contributed by atoms with Crippen LogP contribution >= 0.6 is 0 Å². The third-order valence-corrected chi connectivity index (χ3v) is 7.40. The van der Waals surface area contributed by atoms with Crippen molar-refractivity contribution in [1.29, 1.82) is 0 Å². The van der Waals surface area contributed by atoms with Crippen LogP contribution in [-0.2, 0) is 0 Å². The van der Waals surface area contributed by atoms with Crippen molar-refractivity contribution in [1.82, 2.24) is 19.5 Å². The van der Waals surface area contributed by atoms with Crippen LogP contribution in [0.3, 0.4) is 0 Å². The van der Waals surface area contributed by atoms with E-state index in [4.69, 9.17) is 4.98 Å². The molecule has 0 amide bonds. The number of aromatic nitrogens is 4. The Morgan fingerprint density at radius 1 is 1.03 bits per heavy atom. The lowest BCUT2D eigenvalue weighted by Gasteiger charge is -2.29. The number of rotatable bonds is 6. The first-order valence-corrected chi connectivity index (χ1v) is 12.3. The van der Waals surface area contributed by atoms with Crippen molar-refractivity contribution < 1.29 is 13.9 Å². The van der Waals surface area contributed by atoms with Gasteiger partial charge in [0, 0.05) is 24.8 Å². The molecule has 2 fully saturated rings. The number of benzene rings is 1. The minimum Gasteiger partial charge on any atom is -0.396 e. The molecule has 34 heavy (non-hydrogen) atoms. The number of hydrogen-bond acceptors (Lipinski definition) is 6. The molecule has 3 N–H and O–H groups in total. The highest BCUT2D eigenvalue weighted by atomic mass is 19.1. The van der Waals surface area contributed by atoms with Gasteiger partial charge in [0.1, 0.15) is 17.2 Å². The van der Waals surface area contributed by atoms with Crippen molar-refractivity contribution >= 4 is 28.7 Å². The Labute approximate surface area is 198 Å². The van der Waals surface area contributed by atoms with Crippen molar-refractivity contribution in [3.05, 3.63) is 36.0 Å². The summed E-state index contributed by atoms with van der Waals surface area (Å²) >= 11 is 0. The molecule has 9 heteroatoms. The maximum Gasteiger partial charge on any atom is 0.224 e. The van der Waals surface area contributed by atoms with Gasteiger partial charge < -0.3 is 15.7 Å². The van der Waals surface area contributed by atoms with Gasteiger partial charge in [0.05, 0.1) is 11.9 Å². The lowest BCUT2D eigenvalue weighted by molar-refractivity contribution is 0.170. The molecule has 5 rings (SSSR count). The summed E-state index contributed by atoms with van der Waals surface area (Å²) in [6.07, 6.45) is 9.84. The normalized spacial score (nSPS) is 25.4. The molecule has 0 saturated heterocycles. The van der Waals surface area contributed by atoms with E-state index < -0.39 is 11.6 Å². The molecular formula is C25H32F2N6O. The summed E-state index contributed by atoms with van der Waals surface area (Å²) < 4.78 is 29.9. The first-order chi connectivity index (χ1) is 16.5. The average Bonchev–Trinajstić information content (AvgIpc) is 3.19. The molecule has 182 valence electrons. The largest absolute Gasteiger partial charge is 0.396 e. The van der Waals surface area contributed by atoms with E-state index in [-0.39, 0.29) is 18.3 Å². The van der Waals surface area contributed by atoms with Gasteiger partial charge in [-0.25, -0.2) is 18.7 Å². The van der Waals surface area contributed by atoms with E-state index in [1.54, 1.807) is 6.20 Å². The first kappa shape index (κ1) is 23.0. The summed E-state index contributed by atoms with van der Waals surface area (Å²) in [5.41, 5.74) is 1.47. The van der Waals surface area contributed by atoms with Crippen molar-refractivity contribution in [2.45, 2.75) is 70.4 Å². The number of imidazole rings is 1. The maximum absolute atomic E-state index is 14.4. The van der Waals surface area contributed by atoms with Crippen LogP contribution in [0.4, 0.5) is 26.4 Å². The van der Waals surface area contributed by atoms with Crippen LogP contribution in [0.15, 0.2) is 24.4 Å². The van der Waals surface area contributed by atoms with Gasteiger partial charge in [-0.2, -0.15) is 4.98 Å². The number of aliphatic hydroxyl groups is 1. The van der Waals surface area contributed by atoms with Gasteiger partial charge in [-0.05, 0) is 75.3 Å². The van der Waals surface area contributed by atoms with Crippen molar-refractivity contribution in [2.24, 2.45) is 11.8 Å². The Balaban J connectivity index is 1.48. The Bertz CT molecular complexity index is 1140. The van der Waals surface area contributed by atoms with Gasteiger partial charge in [-0.1, -0.05) is 6.92 Å². The molecule has 0 bridgehead atoms. The zero-order valence-corrected chi connectivity index (χ0v) is 19.5. The number of nitrogens with zero attached hydrogens (tertiary/aromatic N) is 4. The summed E-state index contributed by atoms with van der Waals surface area (Å²) in [4.78, 5) is 14.0. The monoisotopic (exact) mass is 470 g/mol. The predicted octanol–water partition coefficient (Wildman–Crippen LogP) is 5.56. The lowest BCUT2D eigenvalue weighted by atomic mass is 9.86. The second-order valence-electron chi connectivity index (χ2n) is 9.92. The Morgan fingerprint density at radius 3 is 2.50 bits per heavy atom. The van der Waals surface area contributed by atoms with Crippen molar-refractivity contribution in [3.8, 4) is 0 Å². The van der Waals surface area contributed by atoms with E-state index >= 15 is 0 Å². The minimum absolute atomic E-state index is 0.108. The van der Waals surface area contributed by atoms with E-state index in [1.165, 1.54) is 25.0 Å². The quantitative estimate of drug-likeness (QED) is 0.437. The van der Waals surface area contributed by atoms with Crippen LogP contribution in [0, 0.1) is 23.5 Å². The highest BCUT2D eigenvalue weighted by Crippen LogP contribution is 2.37. The molecule has 2 aliphatic carbocycles. The Kier molecular flexibility index (Phi) is 6.63. The van der Waals surface area contributed by atoms with E-state index in [9.17, 15) is 13.9 Å². The third-order valence-electron chi connectivity index (χ3n) is 7.40. The number of aliphatic hydroxyl groups excluding tert-OH is 1. The van der Waals surface area contributed by atoms with Gasteiger partial charge in [-0.3, -0.25) is 4.57 Å². The number of halogens is 2. The Morgan fingerprint density at radius 2 is 1.79 bits per heavy atom. The first-order valence-electron chi connectivity index (χ1n) is 12.3. The van der Waals surface area contributed by atoms with Crippen LogP contribution in [0.5, 0.6) is 0 Å². The van der Waals surface area contributed by atoms with Gasteiger partial charge in [0.2, 0.25) is 11.9 Å². The molecule has 1 aromatic carbocycles. The summed E-state index contributed by atoms with van der Waals surface area (Å²) in [7, 11) is 0. The summed E-state index contributed by atoms with van der Waals surface area (Å²) in [6, 6.07) is 3.92. The fourth-order valence-electron chi connectivity index (χ4n) is 5.28. The highest BCUT2D eigenvalue weighted by Gasteiger charge is 2.27. The molecule has 2 aromatic heterocycles. The van der Waals surface area contributed by atoms with Crippen LogP contribution in [0.2, 0.25) is 0 Å². The fraction of sp³-hybridized carbons (Fsp3) is 0.560. The number of fused-ring (bicyclic) bond motifs is 1. The minimum atomic E-state index is -0.678. The zero-order chi connectivity index (χ0) is 23.7. The maximum atomic E-state index is 14.4. The number of anilines is 3. The molecule has 7 nitrogen and oxygen atoms in total. The second kappa shape index (κ2) is 9.82. The van der Waals surface area contributed by atoms with E-state index in [0.29, 0.717) is 35.0 Å². The molecule has 3 aromatic rings. The van der Waals surface area contributed by atoms with Gasteiger partial charge >= 0.3 is 0 Å². The van der Waals surface area contributed by atoms with E-state index in [1.807, 2.05) is 4.57 Å². The molecule has 2 heterocycles. The Hall–Kier alpha value is -2.81. The van der Waals surface area contributed by atoms with Crippen molar-refractivity contribution in [2.75, 3.05) is 17.2 Å².